The molecular formula is C21H39F3O2. The molecule has 3 unspecified atom stereocenters. The normalized spacial score (nSPS) is 19.2. The number of esters is 1. The standard InChI is InChI=1S/C21H39F3O2/c1-11-19(9,21(22,23)24)13-16(15(4)5)26-17(25)20(10,12-14(2)3)18(6,7)8/h14-16H,11-13H2,1-10H3. The lowest BCUT2D eigenvalue weighted by Crippen LogP contribution is -2.46. The molecule has 0 aliphatic carbocycles. The van der Waals surface area contributed by atoms with Crippen molar-refractivity contribution in [1.29, 1.82) is 0 Å². The Morgan fingerprint density at radius 1 is 0.923 bits per heavy atom. The van der Waals surface area contributed by atoms with E-state index in [1.807, 2.05) is 41.5 Å². The molecule has 0 spiro atoms. The van der Waals surface area contributed by atoms with Crippen LogP contribution < -0.4 is 0 Å². The molecule has 5 heteroatoms. The van der Waals surface area contributed by atoms with Gasteiger partial charge in [0.05, 0.1) is 10.8 Å². The molecule has 0 saturated heterocycles. The first-order valence-electron chi connectivity index (χ1n) is 9.69. The molecule has 0 bridgehead atoms. The average Bonchev–Trinajstić information content (AvgIpc) is 2.42. The van der Waals surface area contributed by atoms with Crippen molar-refractivity contribution in [2.24, 2.45) is 28.1 Å². The van der Waals surface area contributed by atoms with Crippen LogP contribution in [0.3, 0.4) is 0 Å². The highest BCUT2D eigenvalue weighted by atomic mass is 19.4. The summed E-state index contributed by atoms with van der Waals surface area (Å²) in [5.74, 6) is -0.297. The van der Waals surface area contributed by atoms with Crippen LogP contribution in [-0.2, 0) is 9.53 Å². The summed E-state index contributed by atoms with van der Waals surface area (Å²) in [6, 6.07) is 0. The second-order valence-electron chi connectivity index (χ2n) is 9.98. The minimum absolute atomic E-state index is 0.0419. The minimum atomic E-state index is -4.33. The maximum absolute atomic E-state index is 13.5. The fourth-order valence-corrected chi connectivity index (χ4v) is 3.10. The van der Waals surface area contributed by atoms with E-state index in [1.54, 1.807) is 13.8 Å². The van der Waals surface area contributed by atoms with Crippen LogP contribution >= 0.6 is 0 Å². The summed E-state index contributed by atoms with van der Waals surface area (Å²) >= 11 is 0. The molecule has 2 nitrogen and oxygen atoms in total. The molecule has 0 amide bonds. The smallest absolute Gasteiger partial charge is 0.394 e. The zero-order valence-electron chi connectivity index (χ0n) is 18.3. The molecule has 3 atom stereocenters. The molecule has 0 aliphatic heterocycles. The van der Waals surface area contributed by atoms with Gasteiger partial charge in [0.15, 0.2) is 0 Å². The highest BCUT2D eigenvalue weighted by molar-refractivity contribution is 5.77. The zero-order chi connectivity index (χ0) is 21.1. The molecular weight excluding hydrogens is 341 g/mol. The molecule has 156 valence electrons. The third-order valence-corrected chi connectivity index (χ3v) is 6.04. The van der Waals surface area contributed by atoms with Crippen LogP contribution in [0.2, 0.25) is 0 Å². The van der Waals surface area contributed by atoms with Crippen molar-refractivity contribution >= 4 is 5.97 Å². The van der Waals surface area contributed by atoms with Crippen LogP contribution in [-0.4, -0.2) is 18.2 Å². The van der Waals surface area contributed by atoms with Gasteiger partial charge in [0.1, 0.15) is 6.10 Å². The molecule has 0 fully saturated rings. The van der Waals surface area contributed by atoms with Crippen molar-refractivity contribution < 1.29 is 22.7 Å². The highest BCUT2D eigenvalue weighted by Crippen LogP contribution is 2.48. The summed E-state index contributed by atoms with van der Waals surface area (Å²) in [7, 11) is 0. The van der Waals surface area contributed by atoms with Gasteiger partial charge in [-0.25, -0.2) is 0 Å². The van der Waals surface area contributed by atoms with Gasteiger partial charge in [-0.15, -0.1) is 0 Å². The Bertz CT molecular complexity index is 463. The molecule has 0 rings (SSSR count). The van der Waals surface area contributed by atoms with E-state index in [-0.39, 0.29) is 30.1 Å². The first-order chi connectivity index (χ1) is 11.4. The van der Waals surface area contributed by atoms with Gasteiger partial charge >= 0.3 is 12.1 Å². The number of ether oxygens (including phenoxy) is 1. The quantitative estimate of drug-likeness (QED) is 0.423. The van der Waals surface area contributed by atoms with E-state index >= 15 is 0 Å². The van der Waals surface area contributed by atoms with Gasteiger partial charge in [-0.05, 0) is 43.4 Å². The molecule has 0 aromatic heterocycles. The summed E-state index contributed by atoms with van der Waals surface area (Å²) in [5.41, 5.74) is -2.97. The molecule has 0 radical (unpaired) electrons. The number of hydrogen-bond donors (Lipinski definition) is 0. The third-order valence-electron chi connectivity index (χ3n) is 6.04. The number of hydrogen-bond acceptors (Lipinski definition) is 2. The topological polar surface area (TPSA) is 26.3 Å². The summed E-state index contributed by atoms with van der Waals surface area (Å²) in [6.45, 7) is 18.2. The van der Waals surface area contributed by atoms with Crippen molar-refractivity contribution in [1.82, 2.24) is 0 Å². The molecule has 26 heavy (non-hydrogen) atoms. The van der Waals surface area contributed by atoms with Gasteiger partial charge in [0.2, 0.25) is 0 Å². The van der Waals surface area contributed by atoms with Gasteiger partial charge in [-0.2, -0.15) is 13.2 Å². The summed E-state index contributed by atoms with van der Waals surface area (Å²) in [5, 5.41) is 0. The van der Waals surface area contributed by atoms with Gasteiger partial charge in [0, 0.05) is 0 Å². The van der Waals surface area contributed by atoms with Crippen LogP contribution in [0.1, 0.15) is 88.5 Å². The average molecular weight is 381 g/mol. The SMILES string of the molecule is CCC(C)(CC(OC(=O)C(C)(CC(C)C)C(C)(C)C)C(C)C)C(F)(F)F. The Hall–Kier alpha value is -0.740. The van der Waals surface area contributed by atoms with Gasteiger partial charge in [0.25, 0.3) is 0 Å². The lowest BCUT2D eigenvalue weighted by Gasteiger charge is -2.43. The van der Waals surface area contributed by atoms with E-state index in [0.29, 0.717) is 6.42 Å². The van der Waals surface area contributed by atoms with Crippen molar-refractivity contribution in [3.63, 3.8) is 0 Å². The van der Waals surface area contributed by atoms with Crippen molar-refractivity contribution in [2.75, 3.05) is 0 Å². The van der Waals surface area contributed by atoms with Crippen molar-refractivity contribution in [3.8, 4) is 0 Å². The first kappa shape index (κ1) is 25.3. The summed E-state index contributed by atoms with van der Waals surface area (Å²) < 4.78 is 46.3. The van der Waals surface area contributed by atoms with Crippen LogP contribution in [0.4, 0.5) is 13.2 Å². The predicted octanol–water partition coefficient (Wildman–Crippen LogP) is 7.02. The molecule has 0 aromatic rings. The Balaban J connectivity index is 5.65. The van der Waals surface area contributed by atoms with E-state index in [0.717, 1.165) is 0 Å². The lowest BCUT2D eigenvalue weighted by molar-refractivity contribution is -0.232. The Morgan fingerprint density at radius 3 is 1.65 bits per heavy atom. The largest absolute Gasteiger partial charge is 0.462 e. The number of halogens is 3. The number of carbonyl (C=O) groups is 1. The highest BCUT2D eigenvalue weighted by Gasteiger charge is 2.52. The van der Waals surface area contributed by atoms with Gasteiger partial charge in [-0.1, -0.05) is 62.3 Å². The molecule has 0 aromatic carbocycles. The van der Waals surface area contributed by atoms with E-state index in [1.165, 1.54) is 13.8 Å². The predicted molar refractivity (Wildman–Crippen MR) is 101 cm³/mol. The Labute approximate surface area is 158 Å². The third kappa shape index (κ3) is 5.88. The van der Waals surface area contributed by atoms with Crippen molar-refractivity contribution in [2.45, 2.75) is 101 Å². The second kappa shape index (κ2) is 8.52. The number of alkyl halides is 3. The Kier molecular flexibility index (Phi) is 8.27. The molecule has 0 aliphatic rings. The van der Waals surface area contributed by atoms with E-state index < -0.39 is 29.1 Å². The summed E-state index contributed by atoms with van der Waals surface area (Å²) in [6.07, 6.45) is -4.71. The van der Waals surface area contributed by atoms with Crippen LogP contribution in [0.5, 0.6) is 0 Å². The maximum Gasteiger partial charge on any atom is 0.394 e. The summed E-state index contributed by atoms with van der Waals surface area (Å²) in [4.78, 5) is 13.1. The van der Waals surface area contributed by atoms with Crippen LogP contribution in [0.25, 0.3) is 0 Å². The first-order valence-corrected chi connectivity index (χ1v) is 9.69. The minimum Gasteiger partial charge on any atom is -0.462 e. The molecule has 0 saturated carbocycles. The van der Waals surface area contributed by atoms with Crippen molar-refractivity contribution in [3.05, 3.63) is 0 Å². The van der Waals surface area contributed by atoms with E-state index in [4.69, 9.17) is 4.74 Å². The van der Waals surface area contributed by atoms with Gasteiger partial charge in [-0.3, -0.25) is 4.79 Å². The molecule has 0 N–H and O–H groups in total. The van der Waals surface area contributed by atoms with E-state index in [2.05, 4.69) is 0 Å². The molecule has 0 heterocycles. The lowest BCUT2D eigenvalue weighted by atomic mass is 9.64. The van der Waals surface area contributed by atoms with Crippen LogP contribution in [0, 0.1) is 28.1 Å². The fraction of sp³-hybridized carbons (Fsp3) is 0.952. The van der Waals surface area contributed by atoms with E-state index in [9.17, 15) is 18.0 Å². The maximum atomic E-state index is 13.5. The second-order valence-corrected chi connectivity index (χ2v) is 9.98. The number of rotatable bonds is 8. The van der Waals surface area contributed by atoms with Gasteiger partial charge < -0.3 is 4.74 Å². The monoisotopic (exact) mass is 380 g/mol. The number of carbonyl (C=O) groups excluding carboxylic acids is 1. The fourth-order valence-electron chi connectivity index (χ4n) is 3.10. The zero-order valence-corrected chi connectivity index (χ0v) is 18.3. The van der Waals surface area contributed by atoms with Crippen LogP contribution in [0.15, 0.2) is 0 Å². The Morgan fingerprint density at radius 2 is 1.38 bits per heavy atom.